The molecule has 0 unspecified atom stereocenters. The summed E-state index contributed by atoms with van der Waals surface area (Å²) in [4.78, 5) is 34.7. The molecule has 1 aliphatic heterocycles. The number of hydrogen-bond acceptors (Lipinski definition) is 4. The Balaban J connectivity index is 2.24. The van der Waals surface area contributed by atoms with Crippen LogP contribution in [0.25, 0.3) is 0 Å². The molecule has 0 saturated carbocycles. The lowest BCUT2D eigenvalue weighted by atomic mass is 10.1. The Morgan fingerprint density at radius 2 is 2.21 bits per heavy atom. The molecule has 1 heterocycles. The predicted molar refractivity (Wildman–Crippen MR) is 67.0 cm³/mol. The van der Waals surface area contributed by atoms with Crippen molar-refractivity contribution in [1.82, 2.24) is 10.2 Å². The van der Waals surface area contributed by atoms with Gasteiger partial charge in [-0.1, -0.05) is 11.6 Å². The van der Waals surface area contributed by atoms with Gasteiger partial charge in [0.1, 0.15) is 0 Å². The number of nitro groups is 1. The molecule has 8 heteroatoms. The van der Waals surface area contributed by atoms with Crippen LogP contribution in [0.5, 0.6) is 0 Å². The van der Waals surface area contributed by atoms with Gasteiger partial charge in [0.25, 0.3) is 11.6 Å². The molecule has 0 radical (unpaired) electrons. The van der Waals surface area contributed by atoms with Gasteiger partial charge >= 0.3 is 0 Å². The molecule has 0 bridgehead atoms. The summed E-state index contributed by atoms with van der Waals surface area (Å²) in [5.74, 6) is -0.646. The molecule has 1 fully saturated rings. The van der Waals surface area contributed by atoms with Crippen LogP contribution < -0.4 is 5.32 Å². The number of piperazine rings is 1. The maximum absolute atomic E-state index is 12.1. The number of benzene rings is 1. The monoisotopic (exact) mass is 283 g/mol. The molecule has 7 nitrogen and oxygen atoms in total. The molecule has 0 aromatic heterocycles. The zero-order chi connectivity index (χ0) is 14.0. The van der Waals surface area contributed by atoms with Crippen LogP contribution in [0, 0.1) is 10.1 Å². The Bertz CT molecular complexity index is 561. The summed E-state index contributed by atoms with van der Waals surface area (Å²) in [6.45, 7) is 0.735. The Labute approximate surface area is 113 Å². The molecule has 0 aliphatic carbocycles. The fourth-order valence-corrected chi connectivity index (χ4v) is 2.03. The van der Waals surface area contributed by atoms with E-state index in [1.807, 2.05) is 0 Å². The Hall–Kier alpha value is -2.15. The van der Waals surface area contributed by atoms with E-state index in [0.717, 1.165) is 6.07 Å². The number of nitrogens with one attached hydrogen (secondary N) is 1. The van der Waals surface area contributed by atoms with E-state index in [4.69, 9.17) is 11.6 Å². The van der Waals surface area contributed by atoms with Gasteiger partial charge in [0.05, 0.1) is 22.1 Å². The molecule has 1 N–H and O–H groups in total. The van der Waals surface area contributed by atoms with Crippen LogP contribution in [0.1, 0.15) is 10.4 Å². The largest absolute Gasteiger partial charge is 0.353 e. The predicted octanol–water partition coefficient (Wildman–Crippen LogP) is 0.820. The van der Waals surface area contributed by atoms with Crippen LogP contribution in [0.15, 0.2) is 18.2 Å². The van der Waals surface area contributed by atoms with Gasteiger partial charge in [-0.15, -0.1) is 0 Å². The SMILES string of the molecule is O=C1CN(C(=O)c2ccc([N+](=O)[O-])cc2Cl)CCN1. The lowest BCUT2D eigenvalue weighted by Crippen LogP contribution is -2.50. The molecule has 1 aliphatic rings. The highest BCUT2D eigenvalue weighted by molar-refractivity contribution is 6.34. The summed E-state index contributed by atoms with van der Waals surface area (Å²) in [7, 11) is 0. The summed E-state index contributed by atoms with van der Waals surface area (Å²) in [5, 5.41) is 13.2. The molecule has 1 aromatic carbocycles. The third kappa shape index (κ3) is 2.82. The van der Waals surface area contributed by atoms with Gasteiger partial charge in [-0.2, -0.15) is 0 Å². The minimum absolute atomic E-state index is 0.00480. The second-order valence-corrected chi connectivity index (χ2v) is 4.41. The molecule has 19 heavy (non-hydrogen) atoms. The number of rotatable bonds is 2. The van der Waals surface area contributed by atoms with E-state index >= 15 is 0 Å². The number of nitro benzene ring substituents is 1. The van der Waals surface area contributed by atoms with Crippen LogP contribution in [0.4, 0.5) is 5.69 Å². The van der Waals surface area contributed by atoms with Crippen molar-refractivity contribution in [2.45, 2.75) is 0 Å². The van der Waals surface area contributed by atoms with E-state index in [1.54, 1.807) is 0 Å². The minimum atomic E-state index is -0.589. The first-order chi connectivity index (χ1) is 8.99. The molecule has 2 rings (SSSR count). The maximum atomic E-state index is 12.1. The average molecular weight is 284 g/mol. The van der Waals surface area contributed by atoms with Crippen LogP contribution in [-0.2, 0) is 4.79 Å². The smallest absolute Gasteiger partial charge is 0.270 e. The molecule has 2 amide bonds. The van der Waals surface area contributed by atoms with Gasteiger partial charge in [-0.05, 0) is 6.07 Å². The molecule has 0 atom stereocenters. The van der Waals surface area contributed by atoms with Gasteiger partial charge in [-0.25, -0.2) is 0 Å². The van der Waals surface area contributed by atoms with Crippen LogP contribution in [-0.4, -0.2) is 41.3 Å². The zero-order valence-corrected chi connectivity index (χ0v) is 10.5. The first-order valence-electron chi connectivity index (χ1n) is 5.49. The number of hydrogen-bond donors (Lipinski definition) is 1. The summed E-state index contributed by atoms with van der Waals surface area (Å²) < 4.78 is 0. The molecular formula is C11H10ClN3O4. The Morgan fingerprint density at radius 3 is 2.79 bits per heavy atom. The number of carbonyl (C=O) groups excluding carboxylic acids is 2. The highest BCUT2D eigenvalue weighted by atomic mass is 35.5. The van der Waals surface area contributed by atoms with Crippen LogP contribution >= 0.6 is 11.6 Å². The summed E-state index contributed by atoms with van der Waals surface area (Å²) in [6.07, 6.45) is 0. The topological polar surface area (TPSA) is 92.5 Å². The van der Waals surface area contributed by atoms with Gasteiger partial charge < -0.3 is 10.2 Å². The lowest BCUT2D eigenvalue weighted by Gasteiger charge is -2.26. The second-order valence-electron chi connectivity index (χ2n) is 4.00. The quantitative estimate of drug-likeness (QED) is 0.642. The van der Waals surface area contributed by atoms with Gasteiger partial charge in [0.15, 0.2) is 0 Å². The number of non-ortho nitro benzene ring substituents is 1. The normalized spacial score (nSPS) is 15.0. The van der Waals surface area contributed by atoms with E-state index in [9.17, 15) is 19.7 Å². The van der Waals surface area contributed by atoms with Crippen molar-refractivity contribution in [3.63, 3.8) is 0 Å². The highest BCUT2D eigenvalue weighted by Crippen LogP contribution is 2.23. The standard InChI is InChI=1S/C11H10ClN3O4/c12-9-5-7(15(18)19)1-2-8(9)11(17)14-4-3-13-10(16)6-14/h1-2,5H,3-4,6H2,(H,13,16). The number of amides is 2. The molecule has 100 valence electrons. The van der Waals surface area contributed by atoms with E-state index in [0.29, 0.717) is 13.1 Å². The van der Waals surface area contributed by atoms with E-state index in [2.05, 4.69) is 5.32 Å². The van der Waals surface area contributed by atoms with Crippen molar-refractivity contribution in [3.05, 3.63) is 38.9 Å². The third-order valence-corrected chi connectivity index (χ3v) is 3.03. The Kier molecular flexibility index (Phi) is 3.66. The van der Waals surface area contributed by atoms with Crippen molar-refractivity contribution >= 4 is 29.1 Å². The van der Waals surface area contributed by atoms with Crippen LogP contribution in [0.3, 0.4) is 0 Å². The highest BCUT2D eigenvalue weighted by Gasteiger charge is 2.24. The van der Waals surface area contributed by atoms with Crippen molar-refractivity contribution in [3.8, 4) is 0 Å². The summed E-state index contributed by atoms with van der Waals surface area (Å²) in [5.41, 5.74) is -0.0279. The van der Waals surface area contributed by atoms with E-state index in [1.165, 1.54) is 17.0 Å². The first-order valence-corrected chi connectivity index (χ1v) is 5.87. The number of halogens is 1. The fraction of sp³-hybridized carbons (Fsp3) is 0.273. The van der Waals surface area contributed by atoms with Crippen molar-refractivity contribution in [2.75, 3.05) is 19.6 Å². The van der Waals surface area contributed by atoms with Crippen molar-refractivity contribution < 1.29 is 14.5 Å². The fourth-order valence-electron chi connectivity index (χ4n) is 1.77. The number of carbonyl (C=O) groups is 2. The van der Waals surface area contributed by atoms with Crippen molar-refractivity contribution in [1.29, 1.82) is 0 Å². The van der Waals surface area contributed by atoms with Gasteiger partial charge in [0.2, 0.25) is 5.91 Å². The summed E-state index contributed by atoms with van der Waals surface area (Å²) >= 11 is 5.87. The first kappa shape index (κ1) is 13.3. The lowest BCUT2D eigenvalue weighted by molar-refractivity contribution is -0.384. The van der Waals surface area contributed by atoms with Crippen LogP contribution in [0.2, 0.25) is 5.02 Å². The maximum Gasteiger partial charge on any atom is 0.270 e. The van der Waals surface area contributed by atoms with Gasteiger partial charge in [0, 0.05) is 25.2 Å². The second kappa shape index (κ2) is 5.23. The zero-order valence-electron chi connectivity index (χ0n) is 9.76. The van der Waals surface area contributed by atoms with Crippen molar-refractivity contribution in [2.24, 2.45) is 0 Å². The van der Waals surface area contributed by atoms with Gasteiger partial charge in [-0.3, -0.25) is 19.7 Å². The molecule has 1 aromatic rings. The minimum Gasteiger partial charge on any atom is -0.353 e. The number of nitrogens with zero attached hydrogens (tertiary/aromatic N) is 2. The van der Waals surface area contributed by atoms with E-state index in [-0.39, 0.29) is 28.7 Å². The van der Waals surface area contributed by atoms with E-state index < -0.39 is 10.8 Å². The average Bonchev–Trinajstić information content (AvgIpc) is 2.37. The summed E-state index contributed by atoms with van der Waals surface area (Å²) in [6, 6.07) is 3.64. The molecule has 0 spiro atoms. The third-order valence-electron chi connectivity index (χ3n) is 2.72. The molecular weight excluding hydrogens is 274 g/mol. The Morgan fingerprint density at radius 1 is 1.47 bits per heavy atom. The molecule has 1 saturated heterocycles.